The molecule has 2 heterocycles. The molecule has 3 fully saturated rings. The summed E-state index contributed by atoms with van der Waals surface area (Å²) in [4.78, 5) is 0. The van der Waals surface area contributed by atoms with Crippen molar-refractivity contribution in [3.63, 3.8) is 0 Å². The van der Waals surface area contributed by atoms with Gasteiger partial charge in [0.1, 0.15) is 6.10 Å². The first kappa shape index (κ1) is 18.4. The fraction of sp³-hybridized carbons (Fsp3) is 0.700. The maximum absolute atomic E-state index is 10.2. The quantitative estimate of drug-likeness (QED) is 0.723. The first-order valence-electron chi connectivity index (χ1n) is 9.00. The van der Waals surface area contributed by atoms with Crippen LogP contribution in [0.15, 0.2) is 12.2 Å². The summed E-state index contributed by atoms with van der Waals surface area (Å²) >= 11 is 0. The molecule has 0 spiro atoms. The Hall–Kier alpha value is -2.36. The van der Waals surface area contributed by atoms with Gasteiger partial charge in [-0.05, 0) is 31.1 Å². The Labute approximate surface area is 154 Å². The number of nitrogens with zero attached hydrogens (tertiary/aromatic N) is 3. The number of hydrogen-bond acceptors (Lipinski definition) is 6. The fourth-order valence-electron chi connectivity index (χ4n) is 5.01. The van der Waals surface area contributed by atoms with Crippen molar-refractivity contribution in [2.75, 3.05) is 0 Å². The van der Waals surface area contributed by atoms with Crippen molar-refractivity contribution in [2.45, 2.75) is 58.8 Å². The van der Waals surface area contributed by atoms with Crippen LogP contribution in [0.1, 0.15) is 47.0 Å². The van der Waals surface area contributed by atoms with E-state index in [-0.39, 0.29) is 11.3 Å². The highest BCUT2D eigenvalue weighted by Gasteiger charge is 2.80. The van der Waals surface area contributed by atoms with Crippen LogP contribution in [-0.2, 0) is 9.47 Å². The molecule has 3 rings (SSSR count). The lowest BCUT2D eigenvalue weighted by Gasteiger charge is -2.53. The summed E-state index contributed by atoms with van der Waals surface area (Å²) < 4.78 is 12.1. The van der Waals surface area contributed by atoms with Crippen LogP contribution in [0.4, 0.5) is 0 Å². The molecule has 6 heteroatoms. The minimum atomic E-state index is -1.81. The van der Waals surface area contributed by atoms with Crippen LogP contribution < -0.4 is 0 Å². The van der Waals surface area contributed by atoms with Gasteiger partial charge in [-0.25, -0.2) is 0 Å². The summed E-state index contributed by atoms with van der Waals surface area (Å²) in [5.41, 5.74) is -3.42. The summed E-state index contributed by atoms with van der Waals surface area (Å²) in [6.07, 6.45) is 4.42. The van der Waals surface area contributed by atoms with Crippen LogP contribution >= 0.6 is 0 Å². The van der Waals surface area contributed by atoms with Gasteiger partial charge in [0.2, 0.25) is 17.1 Å². The lowest BCUT2D eigenvalue weighted by atomic mass is 9.50. The Morgan fingerprint density at radius 2 is 1.85 bits per heavy atom. The number of nitrogens with one attached hydrogen (secondary N) is 1. The van der Waals surface area contributed by atoms with Crippen molar-refractivity contribution in [1.29, 1.82) is 21.2 Å². The predicted molar refractivity (Wildman–Crippen MR) is 93.2 cm³/mol. The van der Waals surface area contributed by atoms with E-state index in [1.165, 1.54) is 0 Å². The van der Waals surface area contributed by atoms with Crippen molar-refractivity contribution in [1.82, 2.24) is 0 Å². The van der Waals surface area contributed by atoms with Crippen LogP contribution in [0, 0.1) is 67.5 Å². The maximum Gasteiger partial charge on any atom is 0.217 e. The molecule has 0 radical (unpaired) electrons. The third kappa shape index (κ3) is 1.96. The van der Waals surface area contributed by atoms with Crippen LogP contribution in [-0.4, -0.2) is 17.8 Å². The second-order valence-electron chi connectivity index (χ2n) is 8.65. The molecule has 0 aromatic carbocycles. The van der Waals surface area contributed by atoms with Crippen molar-refractivity contribution in [3.05, 3.63) is 12.2 Å². The lowest BCUT2D eigenvalue weighted by Crippen LogP contribution is -2.64. The zero-order valence-electron chi connectivity index (χ0n) is 15.7. The summed E-state index contributed by atoms with van der Waals surface area (Å²) in [6, 6.07) is 6.31. The fourth-order valence-corrected chi connectivity index (χ4v) is 5.01. The molecule has 26 heavy (non-hydrogen) atoms. The van der Waals surface area contributed by atoms with Gasteiger partial charge in [0.25, 0.3) is 0 Å². The van der Waals surface area contributed by atoms with Gasteiger partial charge in [0.05, 0.1) is 24.1 Å². The van der Waals surface area contributed by atoms with E-state index in [4.69, 9.17) is 14.9 Å². The van der Waals surface area contributed by atoms with Gasteiger partial charge >= 0.3 is 0 Å². The smallest absolute Gasteiger partial charge is 0.217 e. The Bertz CT molecular complexity index is 777. The van der Waals surface area contributed by atoms with E-state index in [0.29, 0.717) is 18.8 Å². The van der Waals surface area contributed by atoms with Crippen LogP contribution in [0.3, 0.4) is 0 Å². The Kier molecular flexibility index (Phi) is 3.95. The van der Waals surface area contributed by atoms with Gasteiger partial charge in [-0.1, -0.05) is 32.9 Å². The molecule has 0 aromatic rings. The monoisotopic (exact) mass is 352 g/mol. The average molecular weight is 352 g/mol. The van der Waals surface area contributed by atoms with Gasteiger partial charge in [0, 0.05) is 6.42 Å². The number of hydrogen-bond donors (Lipinski definition) is 1. The molecular formula is C20H24N4O2. The molecule has 5 unspecified atom stereocenters. The first-order chi connectivity index (χ1) is 12.2. The number of nitriles is 3. The van der Waals surface area contributed by atoms with Gasteiger partial charge in [-0.15, -0.1) is 0 Å². The summed E-state index contributed by atoms with van der Waals surface area (Å²) in [6.45, 7) is 8.22. The SMILES string of the molecule is CC=CC1OC23CCC(C(C)(C)C)CC2C(C#N)(C(=N)O3)C1(C#N)C#N. The van der Waals surface area contributed by atoms with E-state index in [2.05, 4.69) is 39.0 Å². The highest BCUT2D eigenvalue weighted by molar-refractivity contribution is 5.89. The number of rotatable bonds is 1. The van der Waals surface area contributed by atoms with Gasteiger partial charge < -0.3 is 9.47 Å². The summed E-state index contributed by atoms with van der Waals surface area (Å²) in [7, 11) is 0. The van der Waals surface area contributed by atoms with Crippen molar-refractivity contribution >= 4 is 5.90 Å². The second-order valence-corrected chi connectivity index (χ2v) is 8.65. The van der Waals surface area contributed by atoms with Gasteiger partial charge in [0.15, 0.2) is 5.41 Å². The van der Waals surface area contributed by atoms with Gasteiger partial charge in [-0.2, -0.15) is 15.8 Å². The molecule has 6 nitrogen and oxygen atoms in total. The summed E-state index contributed by atoms with van der Waals surface area (Å²) in [5.74, 6) is -1.61. The van der Waals surface area contributed by atoms with Crippen LogP contribution in [0.2, 0.25) is 0 Å². The number of ether oxygens (including phenoxy) is 2. The van der Waals surface area contributed by atoms with Crippen molar-refractivity contribution in [2.24, 2.45) is 28.1 Å². The minimum Gasteiger partial charge on any atom is -0.447 e. The highest BCUT2D eigenvalue weighted by Crippen LogP contribution is 2.67. The third-order valence-electron chi connectivity index (χ3n) is 6.54. The standard InChI is InChI=1S/C20H24N4O2/c1-5-6-15-18(10-21,11-22)19(12-23)14-9-13(17(2,3)4)7-8-20(14,25-15)26-16(19)24/h5-6,13-15,24H,7-9H2,1-4H3. The third-order valence-corrected chi connectivity index (χ3v) is 6.54. The van der Waals surface area contributed by atoms with E-state index < -0.39 is 28.6 Å². The largest absolute Gasteiger partial charge is 0.447 e. The molecule has 2 saturated heterocycles. The Morgan fingerprint density at radius 1 is 1.19 bits per heavy atom. The lowest BCUT2D eigenvalue weighted by molar-refractivity contribution is -0.288. The van der Waals surface area contributed by atoms with Crippen LogP contribution in [0.25, 0.3) is 0 Å². The molecule has 1 saturated carbocycles. The Balaban J connectivity index is 2.23. The van der Waals surface area contributed by atoms with Crippen molar-refractivity contribution in [3.8, 4) is 18.2 Å². The molecule has 1 aliphatic carbocycles. The predicted octanol–water partition coefficient (Wildman–Crippen LogP) is 3.67. The molecule has 0 aromatic heterocycles. The molecule has 0 amide bonds. The summed E-state index contributed by atoms with van der Waals surface area (Å²) in [5, 5.41) is 38.7. The molecule has 2 bridgehead atoms. The molecule has 2 aliphatic heterocycles. The molecule has 136 valence electrons. The van der Waals surface area contributed by atoms with Crippen LogP contribution in [0.5, 0.6) is 0 Å². The molecule has 3 aliphatic rings. The van der Waals surface area contributed by atoms with Crippen molar-refractivity contribution < 1.29 is 9.47 Å². The van der Waals surface area contributed by atoms with E-state index in [0.717, 1.165) is 6.42 Å². The average Bonchev–Trinajstić information content (AvgIpc) is 2.79. The van der Waals surface area contributed by atoms with E-state index in [1.807, 2.05) is 0 Å². The van der Waals surface area contributed by atoms with E-state index >= 15 is 0 Å². The topological polar surface area (TPSA) is 114 Å². The minimum absolute atomic E-state index is 0.0159. The molecule has 5 atom stereocenters. The molecular weight excluding hydrogens is 328 g/mol. The zero-order valence-corrected chi connectivity index (χ0v) is 15.7. The number of allylic oxidation sites excluding steroid dienone is 1. The zero-order chi connectivity index (χ0) is 19.4. The maximum atomic E-state index is 10.2. The van der Waals surface area contributed by atoms with Gasteiger partial charge in [-0.3, -0.25) is 5.41 Å². The van der Waals surface area contributed by atoms with E-state index in [1.54, 1.807) is 19.1 Å². The molecule has 1 N–H and O–H groups in total. The first-order valence-corrected chi connectivity index (χ1v) is 9.00. The second kappa shape index (κ2) is 5.57. The normalized spacial score (nSPS) is 40.8. The Morgan fingerprint density at radius 3 is 2.35 bits per heavy atom. The highest BCUT2D eigenvalue weighted by atomic mass is 16.7. The van der Waals surface area contributed by atoms with E-state index in [9.17, 15) is 15.8 Å².